The summed E-state index contributed by atoms with van der Waals surface area (Å²) in [5.74, 6) is -0.354. The molecule has 0 aliphatic heterocycles. The highest BCUT2D eigenvalue weighted by molar-refractivity contribution is 9.10. The summed E-state index contributed by atoms with van der Waals surface area (Å²) in [5, 5.41) is 13.4. The first kappa shape index (κ1) is 16.7. The Kier molecular flexibility index (Phi) is 4.55. The van der Waals surface area contributed by atoms with Crippen LogP contribution in [-0.4, -0.2) is 18.0 Å². The minimum atomic E-state index is -0.786. The maximum atomic E-state index is 11.8. The van der Waals surface area contributed by atoms with Gasteiger partial charge < -0.3 is 15.8 Å². The average molecular weight is 396 g/mol. The lowest BCUT2D eigenvalue weighted by molar-refractivity contribution is 0.0995. The van der Waals surface area contributed by atoms with Crippen molar-refractivity contribution in [1.29, 1.82) is 5.26 Å². The van der Waals surface area contributed by atoms with Crippen molar-refractivity contribution in [2.75, 3.05) is 12.4 Å². The van der Waals surface area contributed by atoms with Crippen LogP contribution in [0.4, 0.5) is 11.4 Å². The number of anilines is 2. The van der Waals surface area contributed by atoms with E-state index >= 15 is 0 Å². The number of fused-ring (bicyclic) bond motifs is 1. The van der Waals surface area contributed by atoms with Gasteiger partial charge in [-0.1, -0.05) is 22.0 Å². The van der Waals surface area contributed by atoms with Gasteiger partial charge in [0.25, 0.3) is 5.91 Å². The van der Waals surface area contributed by atoms with Crippen LogP contribution in [0.3, 0.4) is 0 Å². The van der Waals surface area contributed by atoms with Gasteiger partial charge in [-0.2, -0.15) is 5.26 Å². The molecule has 0 unspecified atom stereocenters. The highest BCUT2D eigenvalue weighted by Gasteiger charge is 2.20. The van der Waals surface area contributed by atoms with E-state index < -0.39 is 5.91 Å². The zero-order valence-electron chi connectivity index (χ0n) is 13.1. The number of hydrogen-bond donors (Lipinski definition) is 2. The van der Waals surface area contributed by atoms with Crippen molar-refractivity contribution in [3.05, 3.63) is 58.2 Å². The summed E-state index contributed by atoms with van der Waals surface area (Å²) in [7, 11) is 1.49. The maximum absolute atomic E-state index is 11.8. The van der Waals surface area contributed by atoms with Gasteiger partial charge >= 0.3 is 0 Å². The smallest absolute Gasteiger partial charge is 0.268 e. The molecule has 0 atom stereocenters. The predicted octanol–water partition coefficient (Wildman–Crippen LogP) is 3.52. The minimum Gasteiger partial charge on any atom is -0.494 e. The summed E-state index contributed by atoms with van der Waals surface area (Å²) in [6.07, 6.45) is 0. The van der Waals surface area contributed by atoms with Gasteiger partial charge in [0.2, 0.25) is 0 Å². The van der Waals surface area contributed by atoms with Crippen molar-refractivity contribution in [1.82, 2.24) is 4.98 Å². The molecule has 1 aromatic heterocycles. The molecular weight excluding hydrogens is 384 g/mol. The van der Waals surface area contributed by atoms with Gasteiger partial charge in [0, 0.05) is 15.5 Å². The molecule has 0 saturated carbocycles. The summed E-state index contributed by atoms with van der Waals surface area (Å²) >= 11 is 3.40. The highest BCUT2D eigenvalue weighted by Crippen LogP contribution is 2.35. The second-order valence-corrected chi connectivity index (χ2v) is 6.02. The van der Waals surface area contributed by atoms with Crippen LogP contribution in [0, 0.1) is 17.4 Å². The Morgan fingerprint density at radius 1 is 1.44 bits per heavy atom. The number of primary amides is 1. The lowest BCUT2D eigenvalue weighted by Gasteiger charge is -2.15. The van der Waals surface area contributed by atoms with Gasteiger partial charge in [-0.3, -0.25) is 4.79 Å². The Balaban J connectivity index is 2.34. The molecule has 0 aliphatic carbocycles. The SMILES string of the molecule is COc1c[c]cc2c(Nc3cccc(Br)c3)c(C#N)c(C(N)=O)nc12. The van der Waals surface area contributed by atoms with Crippen molar-refractivity contribution in [3.63, 3.8) is 0 Å². The third kappa shape index (κ3) is 3.12. The number of hydrogen-bond acceptors (Lipinski definition) is 5. The summed E-state index contributed by atoms with van der Waals surface area (Å²) < 4.78 is 6.17. The molecule has 3 N–H and O–H groups in total. The predicted molar refractivity (Wildman–Crippen MR) is 97.8 cm³/mol. The molecule has 6 nitrogen and oxygen atoms in total. The third-order valence-corrected chi connectivity index (χ3v) is 4.06. The molecule has 0 saturated heterocycles. The quantitative estimate of drug-likeness (QED) is 0.703. The number of pyridine rings is 1. The number of nitriles is 1. The van der Waals surface area contributed by atoms with E-state index in [9.17, 15) is 10.1 Å². The number of nitrogens with zero attached hydrogens (tertiary/aromatic N) is 2. The molecule has 25 heavy (non-hydrogen) atoms. The monoisotopic (exact) mass is 395 g/mol. The first-order valence-corrected chi connectivity index (χ1v) is 7.98. The van der Waals surface area contributed by atoms with Crippen molar-refractivity contribution < 1.29 is 9.53 Å². The van der Waals surface area contributed by atoms with Crippen molar-refractivity contribution >= 4 is 44.1 Å². The molecule has 3 aromatic rings. The van der Waals surface area contributed by atoms with Crippen LogP contribution in [0.1, 0.15) is 16.1 Å². The first-order chi connectivity index (χ1) is 12.0. The fraction of sp³-hybridized carbons (Fsp3) is 0.0556. The number of rotatable bonds is 4. The van der Waals surface area contributed by atoms with E-state index in [0.717, 1.165) is 10.2 Å². The second kappa shape index (κ2) is 6.79. The number of nitrogens with two attached hydrogens (primary N) is 1. The Morgan fingerprint density at radius 2 is 2.24 bits per heavy atom. The molecule has 0 aliphatic rings. The molecule has 0 bridgehead atoms. The topological polar surface area (TPSA) is 101 Å². The number of carbonyl (C=O) groups is 1. The number of benzene rings is 2. The Bertz CT molecular complexity index is 1030. The fourth-order valence-electron chi connectivity index (χ4n) is 2.48. The molecule has 1 radical (unpaired) electrons. The van der Waals surface area contributed by atoms with Crippen LogP contribution in [0.15, 0.2) is 40.9 Å². The highest BCUT2D eigenvalue weighted by atomic mass is 79.9. The number of methoxy groups -OCH3 is 1. The summed E-state index contributed by atoms with van der Waals surface area (Å²) in [6.45, 7) is 0. The number of aromatic nitrogens is 1. The zero-order chi connectivity index (χ0) is 18.0. The first-order valence-electron chi connectivity index (χ1n) is 7.19. The van der Waals surface area contributed by atoms with Gasteiger partial charge in [-0.15, -0.1) is 0 Å². The number of carbonyl (C=O) groups excluding carboxylic acids is 1. The third-order valence-electron chi connectivity index (χ3n) is 3.57. The van der Waals surface area contributed by atoms with E-state index in [1.807, 2.05) is 30.3 Å². The Morgan fingerprint density at radius 3 is 2.88 bits per heavy atom. The van der Waals surface area contributed by atoms with Gasteiger partial charge in [0.1, 0.15) is 28.6 Å². The van der Waals surface area contributed by atoms with Crippen LogP contribution in [-0.2, 0) is 0 Å². The number of halogens is 1. The van der Waals surface area contributed by atoms with Crippen LogP contribution >= 0.6 is 15.9 Å². The molecule has 7 heteroatoms. The van der Waals surface area contributed by atoms with Gasteiger partial charge in [-0.25, -0.2) is 4.98 Å². The van der Waals surface area contributed by atoms with Gasteiger partial charge in [0.05, 0.1) is 12.8 Å². The zero-order valence-corrected chi connectivity index (χ0v) is 14.7. The van der Waals surface area contributed by atoms with E-state index in [1.165, 1.54) is 7.11 Å². The van der Waals surface area contributed by atoms with E-state index in [1.54, 1.807) is 12.1 Å². The molecule has 1 amide bonds. The molecule has 123 valence electrons. The molecule has 0 fully saturated rings. The number of ether oxygens (including phenoxy) is 1. The van der Waals surface area contributed by atoms with Crippen LogP contribution in [0.5, 0.6) is 5.75 Å². The van der Waals surface area contributed by atoms with Crippen molar-refractivity contribution in [3.8, 4) is 11.8 Å². The largest absolute Gasteiger partial charge is 0.494 e. The van der Waals surface area contributed by atoms with E-state index in [2.05, 4.69) is 32.3 Å². The Labute approximate surface area is 152 Å². The summed E-state index contributed by atoms with van der Waals surface area (Å²) in [4.78, 5) is 16.1. The molecule has 3 rings (SSSR count). The fourth-order valence-corrected chi connectivity index (χ4v) is 2.88. The van der Waals surface area contributed by atoms with Gasteiger partial charge in [-0.05, 0) is 36.4 Å². The minimum absolute atomic E-state index is 0.0710. The van der Waals surface area contributed by atoms with Crippen LogP contribution in [0.25, 0.3) is 10.9 Å². The Hall–Kier alpha value is -3.11. The maximum Gasteiger partial charge on any atom is 0.268 e. The van der Waals surface area contributed by atoms with Gasteiger partial charge in [0.15, 0.2) is 0 Å². The second-order valence-electron chi connectivity index (χ2n) is 5.11. The lowest BCUT2D eigenvalue weighted by Crippen LogP contribution is -2.16. The van der Waals surface area contributed by atoms with E-state index in [4.69, 9.17) is 10.5 Å². The van der Waals surface area contributed by atoms with E-state index in [-0.39, 0.29) is 11.3 Å². The van der Waals surface area contributed by atoms with Crippen LogP contribution in [0.2, 0.25) is 0 Å². The van der Waals surface area contributed by atoms with Crippen LogP contribution < -0.4 is 15.8 Å². The van der Waals surface area contributed by atoms with Crippen molar-refractivity contribution in [2.45, 2.75) is 0 Å². The summed E-state index contributed by atoms with van der Waals surface area (Å²) in [6, 6.07) is 15.7. The average Bonchev–Trinajstić information content (AvgIpc) is 2.60. The molecule has 1 heterocycles. The van der Waals surface area contributed by atoms with Crippen molar-refractivity contribution in [2.24, 2.45) is 5.73 Å². The number of amides is 1. The normalized spacial score (nSPS) is 10.3. The molecule has 0 spiro atoms. The molecule has 2 aromatic carbocycles. The summed E-state index contributed by atoms with van der Waals surface area (Å²) in [5.41, 5.74) is 6.96. The molecular formula is C18H12BrN4O2. The lowest BCUT2D eigenvalue weighted by atomic mass is 10.0. The van der Waals surface area contributed by atoms with E-state index in [0.29, 0.717) is 22.3 Å². The standard InChI is InChI=1S/C18H12BrN4O2/c1-25-14-7-3-6-12-15(22-11-5-2-4-10(19)8-11)13(9-20)17(18(21)24)23-16(12)14/h2,4-8H,1H3,(H2,21,24)(H,22,23). The number of nitrogens with one attached hydrogen (secondary N) is 1.